The fourth-order valence-electron chi connectivity index (χ4n) is 3.37. The van der Waals surface area contributed by atoms with Gasteiger partial charge in [0.2, 0.25) is 11.8 Å². The third-order valence-corrected chi connectivity index (χ3v) is 5.01. The molecule has 3 rings (SSSR count). The van der Waals surface area contributed by atoms with Crippen LogP contribution in [0, 0.1) is 0 Å². The summed E-state index contributed by atoms with van der Waals surface area (Å²) in [6.45, 7) is 2.66. The number of likely N-dealkylation sites (tertiary alicyclic amines) is 1. The van der Waals surface area contributed by atoms with Gasteiger partial charge in [-0.05, 0) is 43.3 Å². The Hall–Kier alpha value is -2.99. The number of hydrogen-bond donors (Lipinski definition) is 1. The first-order valence-electron chi connectivity index (χ1n) is 9.96. The van der Waals surface area contributed by atoms with Gasteiger partial charge in [0, 0.05) is 31.5 Å². The predicted molar refractivity (Wildman–Crippen MR) is 111 cm³/mol. The zero-order valence-corrected chi connectivity index (χ0v) is 16.8. The first kappa shape index (κ1) is 20.7. The van der Waals surface area contributed by atoms with Crippen molar-refractivity contribution in [3.05, 3.63) is 71.3 Å². The molecule has 6 nitrogen and oxygen atoms in total. The van der Waals surface area contributed by atoms with Crippen LogP contribution in [0.3, 0.4) is 0 Å². The Morgan fingerprint density at radius 3 is 2.28 bits per heavy atom. The average Bonchev–Trinajstić information content (AvgIpc) is 3.04. The van der Waals surface area contributed by atoms with Crippen LogP contribution >= 0.6 is 0 Å². The third-order valence-electron chi connectivity index (χ3n) is 5.01. The van der Waals surface area contributed by atoms with Crippen LogP contribution in [0.4, 0.5) is 0 Å². The summed E-state index contributed by atoms with van der Waals surface area (Å²) in [5, 5.41) is 2.94. The third kappa shape index (κ3) is 5.99. The van der Waals surface area contributed by atoms with E-state index in [1.165, 1.54) is 10.5 Å². The van der Waals surface area contributed by atoms with E-state index in [0.29, 0.717) is 24.9 Å². The van der Waals surface area contributed by atoms with Gasteiger partial charge in [0.15, 0.2) is 0 Å². The van der Waals surface area contributed by atoms with E-state index in [1.54, 1.807) is 24.3 Å². The topological polar surface area (TPSA) is 69.7 Å². The van der Waals surface area contributed by atoms with Crippen LogP contribution in [-0.2, 0) is 22.7 Å². The molecule has 6 heteroatoms. The first-order chi connectivity index (χ1) is 14.0. The lowest BCUT2D eigenvalue weighted by molar-refractivity contribution is -0.139. The summed E-state index contributed by atoms with van der Waals surface area (Å²) in [6.07, 6.45) is 1.45. The number of nitrogens with zero attached hydrogens (tertiary/aromatic N) is 2. The van der Waals surface area contributed by atoms with Crippen molar-refractivity contribution in [2.45, 2.75) is 32.4 Å². The molecule has 3 amide bonds. The molecule has 0 spiro atoms. The number of carbonyl (C=O) groups is 3. The van der Waals surface area contributed by atoms with Crippen molar-refractivity contribution in [3.8, 4) is 0 Å². The maximum absolute atomic E-state index is 12.3. The molecule has 0 saturated carbocycles. The van der Waals surface area contributed by atoms with Crippen molar-refractivity contribution in [2.24, 2.45) is 0 Å². The summed E-state index contributed by atoms with van der Waals surface area (Å²) in [5.41, 5.74) is 2.69. The number of amides is 3. The molecule has 1 fully saturated rings. The minimum atomic E-state index is -0.131. The lowest BCUT2D eigenvalue weighted by Gasteiger charge is -2.17. The van der Waals surface area contributed by atoms with Crippen molar-refractivity contribution in [3.63, 3.8) is 0 Å². The highest BCUT2D eigenvalue weighted by Crippen LogP contribution is 2.16. The fourth-order valence-corrected chi connectivity index (χ4v) is 3.37. The van der Waals surface area contributed by atoms with Crippen molar-refractivity contribution < 1.29 is 14.4 Å². The van der Waals surface area contributed by atoms with Crippen LogP contribution < -0.4 is 5.32 Å². The second-order valence-corrected chi connectivity index (χ2v) is 7.40. The van der Waals surface area contributed by atoms with E-state index in [4.69, 9.17) is 0 Å². The maximum Gasteiger partial charge on any atom is 0.251 e. The molecule has 29 heavy (non-hydrogen) atoms. The van der Waals surface area contributed by atoms with Gasteiger partial charge in [-0.3, -0.25) is 19.3 Å². The summed E-state index contributed by atoms with van der Waals surface area (Å²) < 4.78 is 0. The fraction of sp³-hybridized carbons (Fsp3) is 0.348. The highest BCUT2D eigenvalue weighted by molar-refractivity contribution is 6.01. The first-order valence-corrected chi connectivity index (χ1v) is 9.96. The number of rotatable bonds is 9. The second-order valence-electron chi connectivity index (χ2n) is 7.40. The summed E-state index contributed by atoms with van der Waals surface area (Å²) in [5.74, 6) is -0.376. The van der Waals surface area contributed by atoms with Crippen LogP contribution in [0.1, 0.15) is 40.7 Å². The maximum atomic E-state index is 12.3. The van der Waals surface area contributed by atoms with Gasteiger partial charge in [-0.25, -0.2) is 0 Å². The Bertz CT molecular complexity index is 833. The van der Waals surface area contributed by atoms with Gasteiger partial charge in [-0.15, -0.1) is 0 Å². The van der Waals surface area contributed by atoms with Crippen molar-refractivity contribution in [1.82, 2.24) is 15.1 Å². The number of carbonyl (C=O) groups excluding carboxylic acids is 3. The van der Waals surface area contributed by atoms with Crippen LogP contribution in [-0.4, -0.2) is 47.7 Å². The van der Waals surface area contributed by atoms with E-state index in [-0.39, 0.29) is 24.3 Å². The highest BCUT2D eigenvalue weighted by atomic mass is 16.2. The molecular formula is C23H27N3O3. The largest absolute Gasteiger partial charge is 0.352 e. The van der Waals surface area contributed by atoms with E-state index in [1.807, 2.05) is 18.2 Å². The van der Waals surface area contributed by atoms with Gasteiger partial charge in [0.25, 0.3) is 5.91 Å². The van der Waals surface area contributed by atoms with E-state index < -0.39 is 0 Å². The molecule has 1 heterocycles. The van der Waals surface area contributed by atoms with Gasteiger partial charge in [-0.2, -0.15) is 0 Å². The predicted octanol–water partition coefficient (Wildman–Crippen LogP) is 2.59. The van der Waals surface area contributed by atoms with Crippen LogP contribution in [0.25, 0.3) is 0 Å². The molecule has 1 N–H and O–H groups in total. The van der Waals surface area contributed by atoms with Crippen molar-refractivity contribution >= 4 is 17.7 Å². The van der Waals surface area contributed by atoms with Crippen LogP contribution in [0.5, 0.6) is 0 Å². The molecule has 0 atom stereocenters. The molecule has 0 aliphatic carbocycles. The number of nitrogens with one attached hydrogen (secondary N) is 1. The molecule has 152 valence electrons. The highest BCUT2D eigenvalue weighted by Gasteiger charge is 2.28. The Morgan fingerprint density at radius 1 is 0.966 bits per heavy atom. The van der Waals surface area contributed by atoms with Crippen LogP contribution in [0.15, 0.2) is 54.6 Å². The standard InChI is InChI=1S/C23H27N3O3/c1-25(16-18-6-3-2-4-7-18)15-5-14-24-23(29)20-10-8-19(9-11-20)17-26-21(27)12-13-22(26)28/h2-4,6-11H,5,12-17H2,1H3,(H,24,29). The van der Waals surface area contributed by atoms with Gasteiger partial charge in [0.1, 0.15) is 0 Å². The number of benzene rings is 2. The van der Waals surface area contributed by atoms with Crippen molar-refractivity contribution in [1.29, 1.82) is 0 Å². The minimum Gasteiger partial charge on any atom is -0.352 e. The summed E-state index contributed by atoms with van der Waals surface area (Å²) >= 11 is 0. The van der Waals surface area contributed by atoms with E-state index in [9.17, 15) is 14.4 Å². The Balaban J connectivity index is 1.39. The number of imide groups is 1. The molecule has 0 radical (unpaired) electrons. The zero-order chi connectivity index (χ0) is 20.6. The normalized spacial score (nSPS) is 13.9. The molecule has 0 aromatic heterocycles. The smallest absolute Gasteiger partial charge is 0.251 e. The average molecular weight is 393 g/mol. The summed E-state index contributed by atoms with van der Waals surface area (Å²) in [7, 11) is 2.07. The molecule has 0 unspecified atom stereocenters. The molecule has 2 aromatic rings. The second kappa shape index (κ2) is 9.98. The van der Waals surface area contributed by atoms with Gasteiger partial charge >= 0.3 is 0 Å². The minimum absolute atomic E-state index is 0.115. The zero-order valence-electron chi connectivity index (χ0n) is 16.8. The molecule has 0 bridgehead atoms. The molecule has 2 aromatic carbocycles. The SMILES string of the molecule is CN(CCCNC(=O)c1ccc(CN2C(=O)CCC2=O)cc1)Cc1ccccc1. The lowest BCUT2D eigenvalue weighted by atomic mass is 10.1. The molecule has 1 saturated heterocycles. The Kier molecular flexibility index (Phi) is 7.14. The van der Waals surface area contributed by atoms with E-state index in [2.05, 4.69) is 29.4 Å². The quantitative estimate of drug-likeness (QED) is 0.525. The van der Waals surface area contributed by atoms with Gasteiger partial charge in [0.05, 0.1) is 6.54 Å². The summed E-state index contributed by atoms with van der Waals surface area (Å²) in [4.78, 5) is 39.2. The van der Waals surface area contributed by atoms with E-state index in [0.717, 1.165) is 25.1 Å². The van der Waals surface area contributed by atoms with Gasteiger partial charge in [-0.1, -0.05) is 42.5 Å². The van der Waals surface area contributed by atoms with Crippen molar-refractivity contribution in [2.75, 3.05) is 20.1 Å². The Morgan fingerprint density at radius 2 is 1.62 bits per heavy atom. The van der Waals surface area contributed by atoms with E-state index >= 15 is 0 Å². The monoisotopic (exact) mass is 393 g/mol. The number of hydrogen-bond acceptors (Lipinski definition) is 4. The van der Waals surface area contributed by atoms with Crippen LogP contribution in [0.2, 0.25) is 0 Å². The Labute approximate surface area is 171 Å². The van der Waals surface area contributed by atoms with Gasteiger partial charge < -0.3 is 10.2 Å². The molecule has 1 aliphatic rings. The lowest BCUT2D eigenvalue weighted by Crippen LogP contribution is -2.29. The molecular weight excluding hydrogens is 366 g/mol. The molecule has 1 aliphatic heterocycles. The summed E-state index contributed by atoms with van der Waals surface area (Å²) in [6, 6.07) is 17.4.